The van der Waals surface area contributed by atoms with Crippen LogP contribution < -0.4 is 0 Å². The zero-order valence-electron chi connectivity index (χ0n) is 13.5. The Labute approximate surface area is 142 Å². The number of fused-ring (bicyclic) bond motifs is 1. The molecule has 0 fully saturated rings. The van der Waals surface area contributed by atoms with Gasteiger partial charge in [-0.25, -0.2) is 4.39 Å². The first-order valence-corrected chi connectivity index (χ1v) is 7.87. The predicted molar refractivity (Wildman–Crippen MR) is 87.6 cm³/mol. The number of likely N-dealkylation sites (N-methyl/N-ethyl adjacent to an activating group) is 1. The number of carbonyl (C=O) groups excluding carboxylic acids is 1. The van der Waals surface area contributed by atoms with Crippen molar-refractivity contribution in [1.82, 2.24) is 24.6 Å². The molecule has 1 aromatic carbocycles. The molecule has 3 heterocycles. The van der Waals surface area contributed by atoms with Gasteiger partial charge in [-0.3, -0.25) is 4.79 Å². The second-order valence-electron chi connectivity index (χ2n) is 6.08. The third kappa shape index (κ3) is 2.65. The van der Waals surface area contributed by atoms with Crippen molar-refractivity contribution in [3.05, 3.63) is 53.4 Å². The van der Waals surface area contributed by atoms with E-state index in [0.29, 0.717) is 36.7 Å². The maximum Gasteiger partial charge on any atom is 0.274 e. The molecule has 0 saturated heterocycles. The van der Waals surface area contributed by atoms with Gasteiger partial charge in [-0.15, -0.1) is 10.2 Å². The number of aromatic nitrogens is 4. The molecule has 0 bridgehead atoms. The molecule has 25 heavy (non-hydrogen) atoms. The van der Waals surface area contributed by atoms with E-state index in [-0.39, 0.29) is 23.2 Å². The third-order valence-electron chi connectivity index (χ3n) is 4.35. The van der Waals surface area contributed by atoms with Crippen LogP contribution in [0.25, 0.3) is 11.4 Å². The molecule has 1 aliphatic heterocycles. The summed E-state index contributed by atoms with van der Waals surface area (Å²) in [5.41, 5.74) is 1.60. The van der Waals surface area contributed by atoms with Crippen LogP contribution in [0.1, 0.15) is 21.9 Å². The molecule has 7 nitrogen and oxygen atoms in total. The van der Waals surface area contributed by atoms with E-state index in [2.05, 4.69) is 15.2 Å². The van der Waals surface area contributed by atoms with Gasteiger partial charge in [0.25, 0.3) is 5.91 Å². The SMILES string of the molecule is CN1CCn2cc(-c3nnc(Cc4ccc(F)cc4)[nH]3)c(O)c2C1=O. The molecule has 128 valence electrons. The Morgan fingerprint density at radius 1 is 1.24 bits per heavy atom. The lowest BCUT2D eigenvalue weighted by Crippen LogP contribution is -2.36. The van der Waals surface area contributed by atoms with E-state index >= 15 is 0 Å². The van der Waals surface area contributed by atoms with Crippen molar-refractivity contribution in [1.29, 1.82) is 0 Å². The Morgan fingerprint density at radius 2 is 2.00 bits per heavy atom. The third-order valence-corrected chi connectivity index (χ3v) is 4.35. The van der Waals surface area contributed by atoms with Crippen LogP contribution >= 0.6 is 0 Å². The second kappa shape index (κ2) is 5.73. The molecular formula is C17H16FN5O2. The van der Waals surface area contributed by atoms with Crippen molar-refractivity contribution in [2.24, 2.45) is 0 Å². The van der Waals surface area contributed by atoms with Gasteiger partial charge in [0.2, 0.25) is 0 Å². The van der Waals surface area contributed by atoms with Gasteiger partial charge in [-0.1, -0.05) is 12.1 Å². The Balaban J connectivity index is 1.63. The van der Waals surface area contributed by atoms with E-state index in [4.69, 9.17) is 0 Å². The summed E-state index contributed by atoms with van der Waals surface area (Å²) < 4.78 is 14.7. The average molecular weight is 341 g/mol. The number of rotatable bonds is 3. The van der Waals surface area contributed by atoms with Crippen LogP contribution in [0.2, 0.25) is 0 Å². The first kappa shape index (κ1) is 15.4. The number of H-pyrrole nitrogens is 1. The summed E-state index contributed by atoms with van der Waals surface area (Å²) in [7, 11) is 1.70. The largest absolute Gasteiger partial charge is 0.505 e. The molecule has 2 N–H and O–H groups in total. The summed E-state index contributed by atoms with van der Waals surface area (Å²) >= 11 is 0. The highest BCUT2D eigenvalue weighted by Crippen LogP contribution is 2.34. The van der Waals surface area contributed by atoms with Crippen molar-refractivity contribution in [3.63, 3.8) is 0 Å². The standard InChI is InChI=1S/C17H16FN5O2/c1-22-6-7-23-9-12(15(24)14(23)17(22)25)16-19-13(20-21-16)8-10-2-4-11(18)5-3-10/h2-5,9,24H,6-8H2,1H3,(H,19,20,21). The van der Waals surface area contributed by atoms with Gasteiger partial charge in [0, 0.05) is 32.8 Å². The lowest BCUT2D eigenvalue weighted by Gasteiger charge is -2.24. The molecule has 8 heteroatoms. The Bertz CT molecular complexity index is 945. The van der Waals surface area contributed by atoms with E-state index in [1.54, 1.807) is 34.8 Å². The van der Waals surface area contributed by atoms with Crippen molar-refractivity contribution < 1.29 is 14.3 Å². The zero-order chi connectivity index (χ0) is 17.6. The molecule has 0 unspecified atom stereocenters. The topological polar surface area (TPSA) is 87.0 Å². The Kier molecular flexibility index (Phi) is 3.52. The van der Waals surface area contributed by atoms with Gasteiger partial charge in [-0.2, -0.15) is 0 Å². The number of aromatic amines is 1. The van der Waals surface area contributed by atoms with Crippen LogP contribution in [-0.2, 0) is 13.0 Å². The average Bonchev–Trinajstić information content (AvgIpc) is 3.18. The van der Waals surface area contributed by atoms with Crippen molar-refractivity contribution in [2.75, 3.05) is 13.6 Å². The number of hydrogen-bond donors (Lipinski definition) is 2. The van der Waals surface area contributed by atoms with E-state index in [9.17, 15) is 14.3 Å². The van der Waals surface area contributed by atoms with Crippen molar-refractivity contribution >= 4 is 5.91 Å². The minimum absolute atomic E-state index is 0.0963. The molecule has 1 amide bonds. The zero-order valence-corrected chi connectivity index (χ0v) is 13.5. The summed E-state index contributed by atoms with van der Waals surface area (Å²) in [5.74, 6) is 0.378. The summed E-state index contributed by atoms with van der Waals surface area (Å²) in [6, 6.07) is 6.14. The van der Waals surface area contributed by atoms with Gasteiger partial charge >= 0.3 is 0 Å². The maximum atomic E-state index is 13.0. The quantitative estimate of drug-likeness (QED) is 0.760. The normalized spacial score (nSPS) is 14.0. The van der Waals surface area contributed by atoms with Crippen LogP contribution in [0.15, 0.2) is 30.5 Å². The monoisotopic (exact) mass is 341 g/mol. The van der Waals surface area contributed by atoms with E-state index in [1.165, 1.54) is 12.1 Å². The lowest BCUT2D eigenvalue weighted by atomic mass is 10.1. The smallest absolute Gasteiger partial charge is 0.274 e. The number of carbonyl (C=O) groups is 1. The van der Waals surface area contributed by atoms with Gasteiger partial charge in [-0.05, 0) is 17.7 Å². The summed E-state index contributed by atoms with van der Waals surface area (Å²) in [4.78, 5) is 16.8. The summed E-state index contributed by atoms with van der Waals surface area (Å²) in [6.07, 6.45) is 2.17. The highest BCUT2D eigenvalue weighted by Gasteiger charge is 2.29. The number of hydrogen-bond acceptors (Lipinski definition) is 4. The van der Waals surface area contributed by atoms with E-state index < -0.39 is 0 Å². The molecule has 2 aromatic heterocycles. The highest BCUT2D eigenvalue weighted by atomic mass is 19.1. The Hall–Kier alpha value is -3.16. The number of benzene rings is 1. The molecule has 4 rings (SSSR count). The molecule has 0 aliphatic carbocycles. The molecular weight excluding hydrogens is 325 g/mol. The molecule has 0 atom stereocenters. The molecule has 0 saturated carbocycles. The van der Waals surface area contributed by atoms with Crippen LogP contribution in [0.4, 0.5) is 4.39 Å². The van der Waals surface area contributed by atoms with Gasteiger partial charge in [0.1, 0.15) is 17.3 Å². The number of nitrogens with one attached hydrogen (secondary N) is 1. The molecule has 1 aliphatic rings. The first-order chi connectivity index (χ1) is 12.0. The van der Waals surface area contributed by atoms with Crippen LogP contribution in [0.5, 0.6) is 5.75 Å². The Morgan fingerprint density at radius 3 is 2.76 bits per heavy atom. The van der Waals surface area contributed by atoms with Gasteiger partial charge in [0.05, 0.1) is 5.56 Å². The molecule has 3 aromatic rings. The fourth-order valence-corrected chi connectivity index (χ4v) is 2.95. The minimum Gasteiger partial charge on any atom is -0.505 e. The first-order valence-electron chi connectivity index (χ1n) is 7.87. The number of aromatic hydroxyl groups is 1. The number of amides is 1. The van der Waals surface area contributed by atoms with Crippen molar-refractivity contribution in [3.8, 4) is 17.1 Å². The fourth-order valence-electron chi connectivity index (χ4n) is 2.95. The van der Waals surface area contributed by atoms with Crippen LogP contribution in [-0.4, -0.2) is 49.3 Å². The molecule has 0 spiro atoms. The fraction of sp³-hybridized carbons (Fsp3) is 0.235. The maximum absolute atomic E-state index is 13.0. The van der Waals surface area contributed by atoms with Gasteiger partial charge < -0.3 is 19.6 Å². The number of halogens is 1. The van der Waals surface area contributed by atoms with E-state index in [0.717, 1.165) is 5.56 Å². The second-order valence-corrected chi connectivity index (χ2v) is 6.08. The highest BCUT2D eigenvalue weighted by molar-refractivity contribution is 5.98. The minimum atomic E-state index is -0.291. The number of nitrogens with zero attached hydrogens (tertiary/aromatic N) is 4. The summed E-state index contributed by atoms with van der Waals surface area (Å²) in [6.45, 7) is 1.20. The van der Waals surface area contributed by atoms with Crippen LogP contribution in [0.3, 0.4) is 0 Å². The predicted octanol–water partition coefficient (Wildman–Crippen LogP) is 1.79. The summed E-state index contributed by atoms with van der Waals surface area (Å²) in [5, 5.41) is 18.6. The van der Waals surface area contributed by atoms with Crippen molar-refractivity contribution in [2.45, 2.75) is 13.0 Å². The van der Waals surface area contributed by atoms with E-state index in [1.807, 2.05) is 0 Å². The van der Waals surface area contributed by atoms with Crippen LogP contribution in [0, 0.1) is 5.82 Å². The lowest BCUT2D eigenvalue weighted by molar-refractivity contribution is 0.0745. The van der Waals surface area contributed by atoms with Gasteiger partial charge in [0.15, 0.2) is 11.6 Å². The molecule has 0 radical (unpaired) electrons.